The second kappa shape index (κ2) is 7.47. The van der Waals surface area contributed by atoms with Crippen molar-refractivity contribution >= 4 is 31.4 Å². The van der Waals surface area contributed by atoms with Gasteiger partial charge < -0.3 is 4.74 Å². The number of nitrogens with zero attached hydrogens (tertiary/aromatic N) is 2. The quantitative estimate of drug-likeness (QED) is 0.711. The average molecular weight is 447 g/mol. The first-order chi connectivity index (χ1) is 13.3. The van der Waals surface area contributed by atoms with Crippen molar-refractivity contribution in [1.82, 2.24) is 8.61 Å². The molecule has 0 radical (unpaired) electrons. The van der Waals surface area contributed by atoms with Gasteiger partial charge in [0.25, 0.3) is 10.0 Å². The van der Waals surface area contributed by atoms with Crippen molar-refractivity contribution in [2.24, 2.45) is 0 Å². The van der Waals surface area contributed by atoms with Gasteiger partial charge in [-0.2, -0.15) is 8.61 Å². The molecule has 28 heavy (non-hydrogen) atoms. The minimum Gasteiger partial charge on any atom is -0.374 e. The predicted octanol–water partition coefficient (Wildman–Crippen LogP) is 1.49. The van der Waals surface area contributed by atoms with E-state index in [9.17, 15) is 21.2 Å². The Kier molecular flexibility index (Phi) is 5.31. The summed E-state index contributed by atoms with van der Waals surface area (Å²) in [5.41, 5.74) is 0.504. The Balaban J connectivity index is 1.65. The molecular weight excluding hydrogens is 427 g/mol. The van der Waals surface area contributed by atoms with E-state index in [4.69, 9.17) is 4.74 Å². The van der Waals surface area contributed by atoms with Crippen LogP contribution in [-0.2, 0) is 31.3 Å². The number of fused-ring (bicyclic) bond motifs is 1. The third kappa shape index (κ3) is 3.74. The number of hydrogen-bond acceptors (Lipinski definition) is 6. The van der Waals surface area contributed by atoms with Gasteiger partial charge >= 0.3 is 0 Å². The molecule has 2 aliphatic heterocycles. The van der Waals surface area contributed by atoms with Gasteiger partial charge in [0.15, 0.2) is 0 Å². The van der Waals surface area contributed by atoms with Gasteiger partial charge in [-0.1, -0.05) is 18.2 Å². The van der Waals surface area contributed by atoms with E-state index < -0.39 is 38.0 Å². The summed E-state index contributed by atoms with van der Waals surface area (Å²) >= 11 is 1.11. The topological polar surface area (TPSA) is 84.0 Å². The molecule has 3 heterocycles. The fourth-order valence-corrected chi connectivity index (χ4v) is 7.67. The number of hydrogen-bond donors (Lipinski definition) is 0. The summed E-state index contributed by atoms with van der Waals surface area (Å²) < 4.78 is 73.3. The maximum atomic E-state index is 13.6. The smallest absolute Gasteiger partial charge is 0.252 e. The second-order valence-corrected chi connectivity index (χ2v) is 11.9. The Morgan fingerprint density at radius 1 is 1.21 bits per heavy atom. The summed E-state index contributed by atoms with van der Waals surface area (Å²) in [4.78, 5) is 0. The average Bonchev–Trinajstić information content (AvgIpc) is 3.28. The zero-order chi connectivity index (χ0) is 19.9. The van der Waals surface area contributed by atoms with Crippen LogP contribution in [0.25, 0.3) is 0 Å². The Bertz CT molecular complexity index is 1060. The summed E-state index contributed by atoms with van der Waals surface area (Å²) in [6.45, 7) is 0.0487. The van der Waals surface area contributed by atoms with E-state index in [0.29, 0.717) is 5.56 Å². The normalized spacial score (nSPS) is 26.0. The highest BCUT2D eigenvalue weighted by Crippen LogP contribution is 2.31. The van der Waals surface area contributed by atoms with E-state index in [-0.39, 0.29) is 36.2 Å². The minimum atomic E-state index is -3.72. The number of benzene rings is 1. The summed E-state index contributed by atoms with van der Waals surface area (Å²) in [6, 6.07) is 8.26. The molecule has 1 aromatic carbocycles. The maximum Gasteiger partial charge on any atom is 0.252 e. The fraction of sp³-hybridized carbons (Fsp3) is 0.412. The van der Waals surface area contributed by atoms with Crippen LogP contribution in [0, 0.1) is 5.82 Å². The standard InChI is InChI=1S/C17H19FN2O5S3/c18-14-4-1-3-13(9-14)10-20-15-11-19(28(23,24)17-5-2-7-26-17)12-16(15)25-6-8-27(20,21)22/h1-5,7,9,15-16H,6,8,10-12H2/t15-,16+/m1/s1. The van der Waals surface area contributed by atoms with Crippen LogP contribution in [0.15, 0.2) is 46.0 Å². The van der Waals surface area contributed by atoms with Gasteiger partial charge in [0, 0.05) is 19.6 Å². The van der Waals surface area contributed by atoms with Crippen LogP contribution in [0.1, 0.15) is 5.56 Å². The third-order valence-electron chi connectivity index (χ3n) is 4.92. The zero-order valence-corrected chi connectivity index (χ0v) is 17.2. The van der Waals surface area contributed by atoms with Crippen LogP contribution in [0.4, 0.5) is 4.39 Å². The summed E-state index contributed by atoms with van der Waals surface area (Å²) in [5.74, 6) is -0.640. The molecule has 0 amide bonds. The molecule has 2 aliphatic rings. The molecule has 0 bridgehead atoms. The molecule has 4 rings (SSSR count). The fourth-order valence-electron chi connectivity index (χ4n) is 3.56. The molecule has 152 valence electrons. The van der Waals surface area contributed by atoms with Gasteiger partial charge in [-0.25, -0.2) is 21.2 Å². The van der Waals surface area contributed by atoms with Crippen LogP contribution in [0.2, 0.25) is 0 Å². The molecule has 0 spiro atoms. The van der Waals surface area contributed by atoms with Gasteiger partial charge in [-0.05, 0) is 29.1 Å². The van der Waals surface area contributed by atoms with Gasteiger partial charge in [-0.3, -0.25) is 0 Å². The van der Waals surface area contributed by atoms with Gasteiger partial charge in [0.05, 0.1) is 24.5 Å². The van der Waals surface area contributed by atoms with E-state index in [1.165, 1.54) is 32.9 Å². The lowest BCUT2D eigenvalue weighted by Gasteiger charge is -2.28. The van der Waals surface area contributed by atoms with Crippen molar-refractivity contribution in [2.75, 3.05) is 25.4 Å². The van der Waals surface area contributed by atoms with Gasteiger partial charge in [-0.15, -0.1) is 11.3 Å². The highest BCUT2D eigenvalue weighted by Gasteiger charge is 2.47. The molecular formula is C17H19FN2O5S3. The van der Waals surface area contributed by atoms with Crippen LogP contribution < -0.4 is 0 Å². The first kappa shape index (κ1) is 19.9. The number of halogens is 1. The molecule has 0 N–H and O–H groups in total. The highest BCUT2D eigenvalue weighted by atomic mass is 32.2. The molecule has 2 saturated heterocycles. The van der Waals surface area contributed by atoms with Crippen molar-refractivity contribution in [2.45, 2.75) is 22.9 Å². The highest BCUT2D eigenvalue weighted by molar-refractivity contribution is 7.91. The predicted molar refractivity (Wildman–Crippen MR) is 102 cm³/mol. The molecule has 0 unspecified atom stereocenters. The number of sulfonamides is 2. The Morgan fingerprint density at radius 2 is 2.04 bits per heavy atom. The Morgan fingerprint density at radius 3 is 2.75 bits per heavy atom. The second-order valence-electron chi connectivity index (χ2n) is 6.72. The van der Waals surface area contributed by atoms with Crippen LogP contribution in [-0.4, -0.2) is 63.0 Å². The van der Waals surface area contributed by atoms with E-state index in [1.54, 1.807) is 17.5 Å². The number of ether oxygens (including phenoxy) is 1. The molecule has 2 fully saturated rings. The monoisotopic (exact) mass is 446 g/mol. The summed E-state index contributed by atoms with van der Waals surface area (Å²) in [7, 11) is -7.40. The van der Waals surface area contributed by atoms with Crippen molar-refractivity contribution in [3.05, 3.63) is 53.2 Å². The van der Waals surface area contributed by atoms with Crippen molar-refractivity contribution in [1.29, 1.82) is 0 Å². The van der Waals surface area contributed by atoms with E-state index in [2.05, 4.69) is 0 Å². The lowest BCUT2D eigenvalue weighted by molar-refractivity contribution is 0.0480. The van der Waals surface area contributed by atoms with Crippen molar-refractivity contribution in [3.63, 3.8) is 0 Å². The van der Waals surface area contributed by atoms with E-state index in [1.807, 2.05) is 0 Å². The zero-order valence-electron chi connectivity index (χ0n) is 14.8. The van der Waals surface area contributed by atoms with Crippen LogP contribution >= 0.6 is 11.3 Å². The largest absolute Gasteiger partial charge is 0.374 e. The lowest BCUT2D eigenvalue weighted by atomic mass is 10.1. The van der Waals surface area contributed by atoms with Gasteiger partial charge in [0.1, 0.15) is 10.0 Å². The number of rotatable bonds is 4. The Hall–Kier alpha value is -1.37. The molecule has 0 aliphatic carbocycles. The van der Waals surface area contributed by atoms with E-state index in [0.717, 1.165) is 11.3 Å². The molecule has 11 heteroatoms. The first-order valence-electron chi connectivity index (χ1n) is 8.66. The van der Waals surface area contributed by atoms with Crippen LogP contribution in [0.3, 0.4) is 0 Å². The summed E-state index contributed by atoms with van der Waals surface area (Å²) in [6.07, 6.45) is -0.569. The maximum absolute atomic E-state index is 13.6. The molecule has 1 aromatic heterocycles. The summed E-state index contributed by atoms with van der Waals surface area (Å²) in [5, 5.41) is 1.68. The van der Waals surface area contributed by atoms with Crippen molar-refractivity contribution in [3.8, 4) is 0 Å². The molecule has 0 saturated carbocycles. The van der Waals surface area contributed by atoms with Crippen molar-refractivity contribution < 1.29 is 26.0 Å². The molecule has 2 aromatic rings. The lowest BCUT2D eigenvalue weighted by Crippen LogP contribution is -2.45. The third-order valence-corrected chi connectivity index (χ3v) is 9.92. The number of thiophene rings is 1. The van der Waals surface area contributed by atoms with E-state index >= 15 is 0 Å². The minimum absolute atomic E-state index is 0.000550. The van der Waals surface area contributed by atoms with Gasteiger partial charge in [0.2, 0.25) is 10.0 Å². The first-order valence-corrected chi connectivity index (χ1v) is 12.6. The SMILES string of the molecule is O=S1(=O)CCO[C@H]2CN(S(=O)(=O)c3cccs3)C[C@H]2N1Cc1cccc(F)c1. The molecule has 2 atom stereocenters. The molecule has 7 nitrogen and oxygen atoms in total. The Labute approximate surface area is 167 Å². The van der Waals surface area contributed by atoms with Crippen LogP contribution in [0.5, 0.6) is 0 Å².